The van der Waals surface area contributed by atoms with E-state index in [9.17, 15) is 14.4 Å². The summed E-state index contributed by atoms with van der Waals surface area (Å²) in [6.45, 7) is 7.11. The molecule has 230 valence electrons. The lowest BCUT2D eigenvalue weighted by molar-refractivity contribution is -0.135. The van der Waals surface area contributed by atoms with Gasteiger partial charge in [-0.25, -0.2) is 0 Å². The number of piperidine rings is 1. The van der Waals surface area contributed by atoms with Crippen molar-refractivity contribution >= 4 is 17.7 Å². The number of likely N-dealkylation sites (tertiary alicyclic amines) is 1. The van der Waals surface area contributed by atoms with E-state index in [0.29, 0.717) is 32.5 Å². The third-order valence-electron chi connectivity index (χ3n) is 7.85. The molecule has 0 aliphatic carbocycles. The number of carbonyl (C=O) groups excluding carboxylic acids is 3. The van der Waals surface area contributed by atoms with Crippen LogP contribution >= 0.6 is 0 Å². The number of nitrogens with one attached hydrogen (secondary N) is 2. The van der Waals surface area contributed by atoms with Gasteiger partial charge in [-0.3, -0.25) is 19.3 Å². The molecule has 42 heavy (non-hydrogen) atoms. The van der Waals surface area contributed by atoms with Crippen LogP contribution in [0.4, 0.5) is 0 Å². The van der Waals surface area contributed by atoms with Crippen molar-refractivity contribution in [2.45, 2.75) is 64.2 Å². The third kappa shape index (κ3) is 11.2. The number of nitrogens with two attached hydrogens (primary N) is 3. The van der Waals surface area contributed by atoms with Crippen LogP contribution in [0.25, 0.3) is 0 Å². The highest BCUT2D eigenvalue weighted by molar-refractivity contribution is 5.92. The monoisotopic (exact) mass is 579 g/mol. The molecule has 0 spiro atoms. The molecule has 10 nitrogen and oxygen atoms in total. The number of benzene rings is 2. The first kappa shape index (κ1) is 33.2. The molecule has 2 atom stereocenters. The zero-order chi connectivity index (χ0) is 30.3. The Hall–Kier alpha value is -3.31. The first-order chi connectivity index (χ1) is 20.3. The Kier molecular flexibility index (Phi) is 13.9. The summed E-state index contributed by atoms with van der Waals surface area (Å²) in [5.41, 5.74) is 20.6. The molecule has 2 aromatic rings. The quantitative estimate of drug-likeness (QED) is 0.199. The van der Waals surface area contributed by atoms with Crippen molar-refractivity contribution in [2.75, 3.05) is 39.3 Å². The molecule has 0 aromatic heterocycles. The van der Waals surface area contributed by atoms with E-state index in [4.69, 9.17) is 17.2 Å². The molecule has 3 amide bonds. The van der Waals surface area contributed by atoms with Crippen molar-refractivity contribution < 1.29 is 14.4 Å². The van der Waals surface area contributed by atoms with E-state index in [-0.39, 0.29) is 31.3 Å². The summed E-state index contributed by atoms with van der Waals surface area (Å²) in [5, 5.41) is 5.76. The van der Waals surface area contributed by atoms with Gasteiger partial charge in [0.2, 0.25) is 17.7 Å². The molecule has 1 aliphatic heterocycles. The number of hydrogen-bond acceptors (Lipinski definition) is 7. The number of hydrogen-bond donors (Lipinski definition) is 5. The van der Waals surface area contributed by atoms with Crippen molar-refractivity contribution in [1.29, 1.82) is 0 Å². The number of carbonyl (C=O) groups is 3. The number of nitrogens with zero attached hydrogens (tertiary/aromatic N) is 2. The molecule has 2 unspecified atom stereocenters. The van der Waals surface area contributed by atoms with Crippen LogP contribution in [-0.4, -0.2) is 78.9 Å². The van der Waals surface area contributed by atoms with Crippen LogP contribution in [0.5, 0.6) is 0 Å². The molecule has 2 aromatic carbocycles. The summed E-state index contributed by atoms with van der Waals surface area (Å²) in [7, 11) is 0. The number of amides is 3. The molecule has 3 rings (SSSR count). The minimum atomic E-state index is -1.10. The average Bonchev–Trinajstić information content (AvgIpc) is 3.00. The predicted octanol–water partition coefficient (Wildman–Crippen LogP) is 1.12. The van der Waals surface area contributed by atoms with Crippen LogP contribution in [-0.2, 0) is 33.9 Å². The number of rotatable bonds is 16. The standard InChI is InChI=1S/C32H49N7O3/c1-24-13-17-38(18-14-24)23-27-9-7-26(8-10-27)22-36-32(42)29(12-11-25-5-3-2-4-6-25)37-31(41)28(35)21-30(40)39(19-15-33)20-16-34/h2-10,24,28-29H,11-23,33-35H2,1H3,(H,36,42)(H,37,41). The van der Waals surface area contributed by atoms with Crippen molar-refractivity contribution in [2.24, 2.45) is 23.1 Å². The van der Waals surface area contributed by atoms with Gasteiger partial charge < -0.3 is 32.7 Å². The van der Waals surface area contributed by atoms with Gasteiger partial charge in [-0.2, -0.15) is 0 Å². The first-order valence-electron chi connectivity index (χ1n) is 15.1. The van der Waals surface area contributed by atoms with E-state index >= 15 is 0 Å². The zero-order valence-corrected chi connectivity index (χ0v) is 25.0. The van der Waals surface area contributed by atoms with Gasteiger partial charge in [0.1, 0.15) is 6.04 Å². The SMILES string of the molecule is CC1CCN(Cc2ccc(CNC(=O)C(CCc3ccccc3)NC(=O)C(N)CC(=O)N(CCN)CCN)cc2)CC1. The van der Waals surface area contributed by atoms with Crippen molar-refractivity contribution in [3.63, 3.8) is 0 Å². The Morgan fingerprint density at radius 1 is 0.905 bits per heavy atom. The van der Waals surface area contributed by atoms with Crippen LogP contribution in [0.3, 0.4) is 0 Å². The summed E-state index contributed by atoms with van der Waals surface area (Å²) in [4.78, 5) is 42.9. The van der Waals surface area contributed by atoms with Gasteiger partial charge in [-0.05, 0) is 61.4 Å². The molecule has 0 saturated carbocycles. The largest absolute Gasteiger partial charge is 0.350 e. The normalized spacial score (nSPS) is 15.5. The lowest BCUT2D eigenvalue weighted by atomic mass is 9.99. The first-order valence-corrected chi connectivity index (χ1v) is 15.1. The summed E-state index contributed by atoms with van der Waals surface area (Å²) in [6, 6.07) is 16.2. The van der Waals surface area contributed by atoms with Gasteiger partial charge in [0, 0.05) is 39.3 Å². The van der Waals surface area contributed by atoms with Crippen molar-refractivity contribution in [1.82, 2.24) is 20.4 Å². The van der Waals surface area contributed by atoms with Crippen LogP contribution in [0, 0.1) is 5.92 Å². The van der Waals surface area contributed by atoms with E-state index < -0.39 is 18.0 Å². The fourth-order valence-electron chi connectivity index (χ4n) is 5.14. The van der Waals surface area contributed by atoms with Gasteiger partial charge in [0.15, 0.2) is 0 Å². The minimum absolute atomic E-state index is 0.193. The summed E-state index contributed by atoms with van der Waals surface area (Å²) in [6.07, 6.45) is 3.28. The Morgan fingerprint density at radius 2 is 1.52 bits per heavy atom. The maximum atomic E-state index is 13.3. The maximum Gasteiger partial charge on any atom is 0.242 e. The van der Waals surface area contributed by atoms with Crippen LogP contribution in [0.2, 0.25) is 0 Å². The predicted molar refractivity (Wildman–Crippen MR) is 166 cm³/mol. The van der Waals surface area contributed by atoms with E-state index in [0.717, 1.165) is 36.7 Å². The molecular formula is C32H49N7O3. The highest BCUT2D eigenvalue weighted by Crippen LogP contribution is 2.18. The Labute approximate surface area is 250 Å². The molecule has 0 bridgehead atoms. The van der Waals surface area contributed by atoms with Gasteiger partial charge in [-0.15, -0.1) is 0 Å². The van der Waals surface area contributed by atoms with E-state index in [1.807, 2.05) is 42.5 Å². The summed E-state index contributed by atoms with van der Waals surface area (Å²) in [5.74, 6) is -0.331. The molecule has 8 N–H and O–H groups in total. The fraction of sp³-hybridized carbons (Fsp3) is 0.531. The van der Waals surface area contributed by atoms with E-state index in [2.05, 4.69) is 34.6 Å². The second-order valence-electron chi connectivity index (χ2n) is 11.3. The smallest absolute Gasteiger partial charge is 0.242 e. The molecule has 1 aliphatic rings. The van der Waals surface area contributed by atoms with Gasteiger partial charge >= 0.3 is 0 Å². The third-order valence-corrected chi connectivity index (χ3v) is 7.85. The molecule has 10 heteroatoms. The average molecular weight is 580 g/mol. The minimum Gasteiger partial charge on any atom is -0.350 e. The highest BCUT2D eigenvalue weighted by atomic mass is 16.2. The highest BCUT2D eigenvalue weighted by Gasteiger charge is 2.26. The maximum absolute atomic E-state index is 13.3. The Morgan fingerprint density at radius 3 is 2.14 bits per heavy atom. The van der Waals surface area contributed by atoms with Gasteiger partial charge in [-0.1, -0.05) is 61.5 Å². The van der Waals surface area contributed by atoms with Crippen LogP contribution < -0.4 is 27.8 Å². The second kappa shape index (κ2) is 17.6. The molecule has 1 fully saturated rings. The molecule has 1 heterocycles. The lowest BCUT2D eigenvalue weighted by Gasteiger charge is -2.30. The summed E-state index contributed by atoms with van der Waals surface area (Å²) < 4.78 is 0. The van der Waals surface area contributed by atoms with Gasteiger partial charge in [0.25, 0.3) is 0 Å². The van der Waals surface area contributed by atoms with Gasteiger partial charge in [0.05, 0.1) is 12.5 Å². The Bertz CT molecular complexity index is 1100. The lowest BCUT2D eigenvalue weighted by Crippen LogP contribution is -2.53. The van der Waals surface area contributed by atoms with E-state index in [1.54, 1.807) is 0 Å². The van der Waals surface area contributed by atoms with Crippen LogP contribution in [0.15, 0.2) is 54.6 Å². The van der Waals surface area contributed by atoms with Crippen molar-refractivity contribution in [3.05, 3.63) is 71.3 Å². The molecular weight excluding hydrogens is 530 g/mol. The summed E-state index contributed by atoms with van der Waals surface area (Å²) >= 11 is 0. The van der Waals surface area contributed by atoms with E-state index in [1.165, 1.54) is 23.3 Å². The fourth-order valence-corrected chi connectivity index (χ4v) is 5.14. The van der Waals surface area contributed by atoms with Crippen molar-refractivity contribution in [3.8, 4) is 0 Å². The molecule has 1 saturated heterocycles. The zero-order valence-electron chi connectivity index (χ0n) is 25.0. The molecule has 0 radical (unpaired) electrons. The Balaban J connectivity index is 1.57. The topological polar surface area (TPSA) is 160 Å². The number of aryl methyl sites for hydroxylation is 1. The van der Waals surface area contributed by atoms with Crippen LogP contribution in [0.1, 0.15) is 49.3 Å². The second-order valence-corrected chi connectivity index (χ2v) is 11.3.